The summed E-state index contributed by atoms with van der Waals surface area (Å²) >= 11 is 1.38. The monoisotopic (exact) mass is 508 g/mol. The maximum Gasteiger partial charge on any atom is 0.260 e. The van der Waals surface area contributed by atoms with Crippen molar-refractivity contribution in [2.75, 3.05) is 19.1 Å². The van der Waals surface area contributed by atoms with Crippen LogP contribution in [0, 0.1) is 0 Å². The van der Waals surface area contributed by atoms with E-state index in [0.717, 1.165) is 17.5 Å². The normalized spacial score (nSPS) is 13.8. The maximum absolute atomic E-state index is 13.7. The Kier molecular flexibility index (Phi) is 6.26. The van der Waals surface area contributed by atoms with Gasteiger partial charge in [0.05, 0.1) is 28.9 Å². The molecule has 0 atom stereocenters. The molecule has 4 aromatic rings. The summed E-state index contributed by atoms with van der Waals surface area (Å²) in [5, 5.41) is 0.505. The predicted molar refractivity (Wildman–Crippen MR) is 135 cm³/mol. The molecule has 2 heterocycles. The summed E-state index contributed by atoms with van der Waals surface area (Å²) in [5.74, 6) is 0.331. The molecule has 35 heavy (non-hydrogen) atoms. The number of rotatable bonds is 8. The van der Waals surface area contributed by atoms with Gasteiger partial charge in [-0.05, 0) is 61.4 Å². The first-order valence-electron chi connectivity index (χ1n) is 11.1. The van der Waals surface area contributed by atoms with Crippen LogP contribution >= 0.6 is 11.3 Å². The molecule has 1 amide bonds. The highest BCUT2D eigenvalue weighted by Crippen LogP contribution is 2.35. The Morgan fingerprint density at radius 1 is 1.09 bits per heavy atom. The lowest BCUT2D eigenvalue weighted by atomic mass is 10.2. The average Bonchev–Trinajstić information content (AvgIpc) is 3.64. The van der Waals surface area contributed by atoms with Gasteiger partial charge in [0, 0.05) is 24.8 Å². The van der Waals surface area contributed by atoms with E-state index in [1.807, 2.05) is 36.4 Å². The molecule has 1 aliphatic rings. The Labute approximate surface area is 207 Å². The van der Waals surface area contributed by atoms with Gasteiger partial charge in [0.1, 0.15) is 11.3 Å². The summed E-state index contributed by atoms with van der Waals surface area (Å²) in [5.41, 5.74) is 1.75. The van der Waals surface area contributed by atoms with Crippen molar-refractivity contribution in [1.29, 1.82) is 0 Å². The molecule has 0 saturated heterocycles. The first-order chi connectivity index (χ1) is 16.9. The van der Waals surface area contributed by atoms with Crippen LogP contribution < -0.4 is 9.64 Å². The summed E-state index contributed by atoms with van der Waals surface area (Å²) in [4.78, 5) is 24.5. The fourth-order valence-electron chi connectivity index (χ4n) is 3.80. The minimum atomic E-state index is -3.59. The summed E-state index contributed by atoms with van der Waals surface area (Å²) in [6.45, 7) is 0.215. The van der Waals surface area contributed by atoms with Gasteiger partial charge in [0.25, 0.3) is 5.91 Å². The molecular weight excluding hydrogens is 484 g/mol. The summed E-state index contributed by atoms with van der Waals surface area (Å²) in [6.07, 6.45) is 3.43. The van der Waals surface area contributed by atoms with Crippen LogP contribution in [-0.2, 0) is 16.6 Å². The lowest BCUT2D eigenvalue weighted by Crippen LogP contribution is -2.31. The highest BCUT2D eigenvalue weighted by atomic mass is 32.2. The number of anilines is 1. The van der Waals surface area contributed by atoms with Crippen molar-refractivity contribution in [3.63, 3.8) is 0 Å². The second-order valence-corrected chi connectivity index (χ2v) is 11.3. The third kappa shape index (κ3) is 4.64. The molecule has 0 bridgehead atoms. The molecule has 8 nitrogen and oxygen atoms in total. The molecule has 2 aromatic carbocycles. The molecule has 1 saturated carbocycles. The van der Waals surface area contributed by atoms with Crippen LogP contribution in [0.2, 0.25) is 0 Å². The third-order valence-electron chi connectivity index (χ3n) is 5.95. The number of benzene rings is 2. The molecule has 5 rings (SSSR count). The number of sulfonamides is 1. The van der Waals surface area contributed by atoms with Gasteiger partial charge in [-0.25, -0.2) is 13.4 Å². The molecule has 2 aromatic heterocycles. The van der Waals surface area contributed by atoms with Crippen molar-refractivity contribution in [1.82, 2.24) is 14.3 Å². The number of nitrogens with zero attached hydrogens (tertiary/aromatic N) is 4. The van der Waals surface area contributed by atoms with E-state index in [1.54, 1.807) is 37.4 Å². The number of pyridine rings is 1. The van der Waals surface area contributed by atoms with Crippen molar-refractivity contribution < 1.29 is 17.9 Å². The van der Waals surface area contributed by atoms with Gasteiger partial charge in [0.15, 0.2) is 5.13 Å². The number of thiazole rings is 1. The van der Waals surface area contributed by atoms with E-state index in [4.69, 9.17) is 9.72 Å². The Morgan fingerprint density at radius 2 is 1.86 bits per heavy atom. The summed E-state index contributed by atoms with van der Waals surface area (Å²) in [6, 6.07) is 17.3. The van der Waals surface area contributed by atoms with Crippen LogP contribution in [0.3, 0.4) is 0 Å². The van der Waals surface area contributed by atoms with Crippen LogP contribution in [0.1, 0.15) is 28.9 Å². The minimum Gasteiger partial charge on any atom is -0.494 e. The lowest BCUT2D eigenvalue weighted by Gasteiger charge is -2.20. The van der Waals surface area contributed by atoms with Gasteiger partial charge in [0.2, 0.25) is 10.0 Å². The van der Waals surface area contributed by atoms with Crippen molar-refractivity contribution in [3.8, 4) is 5.75 Å². The number of carbonyl (C=O) groups is 1. The number of carbonyl (C=O) groups excluding carboxylic acids is 1. The van der Waals surface area contributed by atoms with Crippen LogP contribution in [0.5, 0.6) is 5.75 Å². The number of amides is 1. The van der Waals surface area contributed by atoms with Crippen molar-refractivity contribution in [3.05, 3.63) is 78.1 Å². The minimum absolute atomic E-state index is 0.0613. The number of fused-ring (bicyclic) bond motifs is 1. The largest absolute Gasteiger partial charge is 0.494 e. The summed E-state index contributed by atoms with van der Waals surface area (Å²) in [7, 11) is -0.406. The number of aromatic nitrogens is 2. The van der Waals surface area contributed by atoms with Gasteiger partial charge < -0.3 is 4.74 Å². The van der Waals surface area contributed by atoms with Crippen molar-refractivity contribution >= 4 is 42.6 Å². The highest BCUT2D eigenvalue weighted by molar-refractivity contribution is 7.89. The van der Waals surface area contributed by atoms with E-state index in [1.165, 1.54) is 27.8 Å². The Balaban J connectivity index is 1.50. The molecule has 1 fully saturated rings. The number of para-hydroxylation sites is 1. The molecular formula is C25H24N4O4S2. The van der Waals surface area contributed by atoms with E-state index in [9.17, 15) is 13.2 Å². The number of ether oxygens (including phenoxy) is 1. The molecule has 1 aliphatic carbocycles. The van der Waals surface area contributed by atoms with Gasteiger partial charge in [-0.15, -0.1) is 0 Å². The van der Waals surface area contributed by atoms with Crippen molar-refractivity contribution in [2.45, 2.75) is 30.3 Å². The number of hydrogen-bond donors (Lipinski definition) is 0. The van der Waals surface area contributed by atoms with E-state index >= 15 is 0 Å². The predicted octanol–water partition coefficient (Wildman–Crippen LogP) is 4.33. The smallest absolute Gasteiger partial charge is 0.260 e. The SMILES string of the molecule is COc1cccc2sc(N(Cc3ccccn3)C(=O)c3ccc(S(=O)(=O)N(C)C4CC4)cc3)nc12. The molecule has 0 aliphatic heterocycles. The zero-order valence-electron chi connectivity index (χ0n) is 19.3. The molecule has 0 N–H and O–H groups in total. The third-order valence-corrected chi connectivity index (χ3v) is 8.92. The van der Waals surface area contributed by atoms with E-state index in [-0.39, 0.29) is 23.4 Å². The summed E-state index contributed by atoms with van der Waals surface area (Å²) < 4.78 is 33.4. The fourth-order valence-corrected chi connectivity index (χ4v) is 6.19. The van der Waals surface area contributed by atoms with Crippen LogP contribution in [0.15, 0.2) is 71.8 Å². The van der Waals surface area contributed by atoms with E-state index < -0.39 is 10.0 Å². The van der Waals surface area contributed by atoms with Crippen LogP contribution in [-0.4, -0.2) is 48.8 Å². The fraction of sp³-hybridized carbons (Fsp3) is 0.240. The topological polar surface area (TPSA) is 92.7 Å². The Hall–Kier alpha value is -3.34. The zero-order chi connectivity index (χ0) is 24.6. The van der Waals surface area contributed by atoms with E-state index in [2.05, 4.69) is 4.98 Å². The van der Waals surface area contributed by atoms with Gasteiger partial charge in [-0.1, -0.05) is 23.5 Å². The molecule has 180 valence electrons. The average molecular weight is 509 g/mol. The molecule has 10 heteroatoms. The highest BCUT2D eigenvalue weighted by Gasteiger charge is 2.35. The van der Waals surface area contributed by atoms with Gasteiger partial charge >= 0.3 is 0 Å². The molecule has 0 unspecified atom stereocenters. The first kappa shape index (κ1) is 23.4. The standard InChI is InChI=1S/C25H24N4O4S2/c1-28(19-11-12-19)35(31,32)20-13-9-17(10-14-20)24(30)29(16-18-6-3-4-15-26-18)25-27-23-21(33-2)7-5-8-22(23)34-25/h3-10,13-15,19H,11-12,16H2,1-2H3. The molecule has 0 radical (unpaired) electrons. The van der Waals surface area contributed by atoms with E-state index in [0.29, 0.717) is 27.7 Å². The number of methoxy groups -OCH3 is 1. The van der Waals surface area contributed by atoms with Crippen molar-refractivity contribution in [2.24, 2.45) is 0 Å². The maximum atomic E-state index is 13.7. The Morgan fingerprint density at radius 3 is 2.51 bits per heavy atom. The quantitative estimate of drug-likeness (QED) is 0.352. The van der Waals surface area contributed by atoms with Crippen LogP contribution in [0.4, 0.5) is 5.13 Å². The van der Waals surface area contributed by atoms with Gasteiger partial charge in [-0.2, -0.15) is 4.31 Å². The zero-order valence-corrected chi connectivity index (χ0v) is 20.9. The molecule has 0 spiro atoms. The van der Waals surface area contributed by atoms with Crippen LogP contribution in [0.25, 0.3) is 10.2 Å². The van der Waals surface area contributed by atoms with Gasteiger partial charge in [-0.3, -0.25) is 14.7 Å². The Bertz CT molecular complexity index is 1470. The lowest BCUT2D eigenvalue weighted by molar-refractivity contribution is 0.0984. The second-order valence-electron chi connectivity index (χ2n) is 8.29. The number of hydrogen-bond acceptors (Lipinski definition) is 7. The second kappa shape index (κ2) is 9.37. The first-order valence-corrected chi connectivity index (χ1v) is 13.4.